The highest BCUT2D eigenvalue weighted by molar-refractivity contribution is 6.03. The maximum Gasteiger partial charge on any atom is 0.230 e. The highest BCUT2D eigenvalue weighted by Crippen LogP contribution is 2.19. The van der Waals surface area contributed by atoms with Gasteiger partial charge < -0.3 is 0 Å². The quantitative estimate of drug-likeness (QED) is 0.763. The van der Waals surface area contributed by atoms with Crippen molar-refractivity contribution in [2.75, 3.05) is 0 Å². The number of carbonyl (C=O) groups is 2. The van der Waals surface area contributed by atoms with E-state index in [0.29, 0.717) is 12.8 Å². The molecule has 0 aliphatic carbocycles. The molecule has 2 rings (SSSR count). The molecule has 16 heavy (non-hydrogen) atoms. The van der Waals surface area contributed by atoms with Crippen molar-refractivity contribution in [3.8, 4) is 0 Å². The molecule has 1 unspecified atom stereocenters. The monoisotopic (exact) mass is 217 g/mol. The second kappa shape index (κ2) is 4.08. The Morgan fingerprint density at radius 2 is 2.00 bits per heavy atom. The third-order valence-corrected chi connectivity index (χ3v) is 3.12. The Morgan fingerprint density at radius 3 is 2.56 bits per heavy atom. The van der Waals surface area contributed by atoms with E-state index < -0.39 is 0 Å². The van der Waals surface area contributed by atoms with Gasteiger partial charge in [0.1, 0.15) is 0 Å². The van der Waals surface area contributed by atoms with Gasteiger partial charge in [-0.1, -0.05) is 18.2 Å². The normalized spacial score (nSPS) is 20.0. The molecule has 1 aliphatic heterocycles. The van der Waals surface area contributed by atoms with Crippen LogP contribution in [0.2, 0.25) is 0 Å². The first-order valence-electron chi connectivity index (χ1n) is 5.46. The van der Waals surface area contributed by atoms with Crippen LogP contribution in [-0.4, -0.2) is 11.8 Å². The molecule has 2 amide bonds. The van der Waals surface area contributed by atoms with E-state index in [1.54, 1.807) is 0 Å². The Labute approximate surface area is 94.9 Å². The van der Waals surface area contributed by atoms with E-state index in [1.165, 1.54) is 11.1 Å². The van der Waals surface area contributed by atoms with Crippen molar-refractivity contribution in [1.29, 1.82) is 0 Å². The van der Waals surface area contributed by atoms with Crippen molar-refractivity contribution in [2.45, 2.75) is 26.7 Å². The van der Waals surface area contributed by atoms with Crippen molar-refractivity contribution in [3.05, 3.63) is 34.9 Å². The maximum atomic E-state index is 11.4. The first-order valence-corrected chi connectivity index (χ1v) is 5.46. The zero-order valence-electron chi connectivity index (χ0n) is 9.54. The molecule has 1 saturated heterocycles. The van der Waals surface area contributed by atoms with Crippen molar-refractivity contribution >= 4 is 11.8 Å². The lowest BCUT2D eigenvalue weighted by molar-refractivity contribution is -0.125. The van der Waals surface area contributed by atoms with E-state index >= 15 is 0 Å². The summed E-state index contributed by atoms with van der Waals surface area (Å²) in [4.78, 5) is 22.5. The Hall–Kier alpha value is -1.64. The third-order valence-electron chi connectivity index (χ3n) is 3.12. The van der Waals surface area contributed by atoms with Gasteiger partial charge in [0.05, 0.1) is 5.92 Å². The van der Waals surface area contributed by atoms with Gasteiger partial charge in [0.2, 0.25) is 11.8 Å². The van der Waals surface area contributed by atoms with Gasteiger partial charge in [-0.2, -0.15) is 0 Å². The molecular formula is C13H15NO2. The summed E-state index contributed by atoms with van der Waals surface area (Å²) in [6, 6.07) is 6.17. The van der Waals surface area contributed by atoms with Crippen molar-refractivity contribution in [3.63, 3.8) is 0 Å². The van der Waals surface area contributed by atoms with Crippen LogP contribution in [0.5, 0.6) is 0 Å². The summed E-state index contributed by atoms with van der Waals surface area (Å²) in [5, 5.41) is 2.34. The molecule has 0 radical (unpaired) electrons. The van der Waals surface area contributed by atoms with E-state index in [4.69, 9.17) is 0 Å². The fourth-order valence-electron chi connectivity index (χ4n) is 1.99. The number of carbonyl (C=O) groups excluding carboxylic acids is 2. The van der Waals surface area contributed by atoms with Crippen LogP contribution in [0.25, 0.3) is 0 Å². The predicted octanol–water partition coefficient (Wildman–Crippen LogP) is 1.51. The summed E-state index contributed by atoms with van der Waals surface area (Å²) in [5.41, 5.74) is 3.59. The fraction of sp³-hybridized carbons (Fsp3) is 0.385. The van der Waals surface area contributed by atoms with E-state index in [0.717, 1.165) is 5.56 Å². The Balaban J connectivity index is 2.12. The molecule has 1 heterocycles. The van der Waals surface area contributed by atoms with Crippen LogP contribution in [0, 0.1) is 19.8 Å². The summed E-state index contributed by atoms with van der Waals surface area (Å²) >= 11 is 0. The van der Waals surface area contributed by atoms with Crippen molar-refractivity contribution < 1.29 is 9.59 Å². The summed E-state index contributed by atoms with van der Waals surface area (Å²) in [6.07, 6.45) is 0.977. The van der Waals surface area contributed by atoms with E-state index in [2.05, 4.69) is 31.3 Å². The Bertz CT molecular complexity index is 451. The van der Waals surface area contributed by atoms with Gasteiger partial charge in [-0.3, -0.25) is 14.9 Å². The predicted molar refractivity (Wildman–Crippen MR) is 60.9 cm³/mol. The lowest BCUT2D eigenvalue weighted by Crippen LogP contribution is -2.22. The van der Waals surface area contributed by atoms with Gasteiger partial charge >= 0.3 is 0 Å². The molecule has 1 N–H and O–H groups in total. The molecule has 0 bridgehead atoms. The van der Waals surface area contributed by atoms with Gasteiger partial charge in [-0.05, 0) is 37.0 Å². The Morgan fingerprint density at radius 1 is 1.25 bits per heavy atom. The third kappa shape index (κ3) is 2.13. The summed E-state index contributed by atoms with van der Waals surface area (Å²) in [6.45, 7) is 4.11. The first-order chi connectivity index (χ1) is 7.56. The molecule has 0 spiro atoms. The fourth-order valence-corrected chi connectivity index (χ4v) is 1.99. The highest BCUT2D eigenvalue weighted by Gasteiger charge is 2.30. The number of benzene rings is 1. The lowest BCUT2D eigenvalue weighted by Gasteiger charge is -2.08. The minimum atomic E-state index is -0.186. The van der Waals surface area contributed by atoms with Crippen LogP contribution in [0.4, 0.5) is 0 Å². The lowest BCUT2D eigenvalue weighted by atomic mass is 9.95. The summed E-state index contributed by atoms with van der Waals surface area (Å²) in [7, 11) is 0. The van der Waals surface area contributed by atoms with Gasteiger partial charge in [0.15, 0.2) is 0 Å². The van der Waals surface area contributed by atoms with Crippen LogP contribution >= 0.6 is 0 Å². The van der Waals surface area contributed by atoms with E-state index in [-0.39, 0.29) is 17.7 Å². The smallest absolute Gasteiger partial charge is 0.230 e. The molecule has 0 saturated carbocycles. The second-order valence-corrected chi connectivity index (χ2v) is 4.44. The standard InChI is InChI=1S/C13H15NO2/c1-8-3-4-10(5-9(8)2)6-11-7-12(15)14-13(11)16/h3-5,11H,6-7H2,1-2H3,(H,14,15,16). The SMILES string of the molecule is Cc1ccc(CC2CC(=O)NC2=O)cc1C. The molecule has 1 aromatic rings. The maximum absolute atomic E-state index is 11.4. The largest absolute Gasteiger partial charge is 0.296 e. The Kier molecular flexibility index (Phi) is 2.77. The van der Waals surface area contributed by atoms with E-state index in [1.807, 2.05) is 6.07 Å². The average molecular weight is 217 g/mol. The molecular weight excluding hydrogens is 202 g/mol. The highest BCUT2D eigenvalue weighted by atomic mass is 16.2. The van der Waals surface area contributed by atoms with Gasteiger partial charge in [0.25, 0.3) is 0 Å². The van der Waals surface area contributed by atoms with Crippen molar-refractivity contribution in [1.82, 2.24) is 5.32 Å². The molecule has 3 heteroatoms. The zero-order chi connectivity index (χ0) is 11.7. The molecule has 1 atom stereocenters. The second-order valence-electron chi connectivity index (χ2n) is 4.44. The van der Waals surface area contributed by atoms with Crippen LogP contribution in [0.1, 0.15) is 23.1 Å². The van der Waals surface area contributed by atoms with Crippen LogP contribution in [0.15, 0.2) is 18.2 Å². The zero-order valence-corrected chi connectivity index (χ0v) is 9.54. The molecule has 0 aromatic heterocycles. The number of hydrogen-bond donors (Lipinski definition) is 1. The molecule has 1 fully saturated rings. The minimum absolute atomic E-state index is 0.136. The van der Waals surface area contributed by atoms with Crippen molar-refractivity contribution in [2.24, 2.45) is 5.92 Å². The number of imide groups is 1. The number of rotatable bonds is 2. The molecule has 3 nitrogen and oxygen atoms in total. The molecule has 1 aromatic carbocycles. The van der Waals surface area contributed by atoms with Crippen LogP contribution in [0.3, 0.4) is 0 Å². The summed E-state index contributed by atoms with van der Waals surface area (Å²) in [5.74, 6) is -0.475. The minimum Gasteiger partial charge on any atom is -0.296 e. The van der Waals surface area contributed by atoms with Gasteiger partial charge in [-0.25, -0.2) is 0 Å². The number of amides is 2. The van der Waals surface area contributed by atoms with Crippen LogP contribution in [-0.2, 0) is 16.0 Å². The van der Waals surface area contributed by atoms with Gasteiger partial charge in [0, 0.05) is 6.42 Å². The van der Waals surface area contributed by atoms with Crippen LogP contribution < -0.4 is 5.32 Å². The number of aryl methyl sites for hydroxylation is 2. The summed E-state index contributed by atoms with van der Waals surface area (Å²) < 4.78 is 0. The van der Waals surface area contributed by atoms with Gasteiger partial charge in [-0.15, -0.1) is 0 Å². The first kappa shape index (κ1) is 10.9. The average Bonchev–Trinajstić information content (AvgIpc) is 2.51. The molecule has 84 valence electrons. The number of hydrogen-bond acceptors (Lipinski definition) is 2. The van der Waals surface area contributed by atoms with E-state index in [9.17, 15) is 9.59 Å². The molecule has 1 aliphatic rings. The topological polar surface area (TPSA) is 46.2 Å². The number of nitrogens with one attached hydrogen (secondary N) is 1.